The highest BCUT2D eigenvalue weighted by Gasteiger charge is 2.23. The van der Waals surface area contributed by atoms with Crippen molar-refractivity contribution in [1.82, 2.24) is 25.0 Å². The summed E-state index contributed by atoms with van der Waals surface area (Å²) >= 11 is 0. The van der Waals surface area contributed by atoms with Crippen molar-refractivity contribution in [2.24, 2.45) is 0 Å². The van der Waals surface area contributed by atoms with Gasteiger partial charge in [0, 0.05) is 38.2 Å². The number of nitrogens with zero attached hydrogens (tertiary/aromatic N) is 4. The lowest BCUT2D eigenvalue weighted by Gasteiger charge is -2.21. The fraction of sp³-hybridized carbons (Fsp3) is 0.400. The first-order chi connectivity index (χ1) is 16.0. The number of benzene rings is 2. The van der Waals surface area contributed by atoms with E-state index in [4.69, 9.17) is 9.47 Å². The van der Waals surface area contributed by atoms with Crippen LogP contribution in [0.5, 0.6) is 11.5 Å². The molecule has 0 radical (unpaired) electrons. The molecule has 0 bridgehead atoms. The molecule has 0 spiro atoms. The Balaban J connectivity index is 1.41. The molecule has 0 fully saturated rings. The number of carbonyl (C=O) groups excluding carboxylic acids is 1. The number of carbonyl (C=O) groups is 1. The summed E-state index contributed by atoms with van der Waals surface area (Å²) in [4.78, 5) is 15.2. The number of fused-ring (bicyclic) bond motifs is 1. The molecule has 174 valence electrons. The third kappa shape index (κ3) is 5.17. The Labute approximate surface area is 194 Å². The van der Waals surface area contributed by atoms with E-state index in [1.54, 1.807) is 32.4 Å². The molecule has 0 aliphatic carbocycles. The van der Waals surface area contributed by atoms with Crippen LogP contribution < -0.4 is 14.8 Å². The first-order valence-corrected chi connectivity index (χ1v) is 11.2. The van der Waals surface area contributed by atoms with Crippen molar-refractivity contribution in [2.45, 2.75) is 39.4 Å². The molecule has 1 amide bonds. The predicted octanol–water partition coefficient (Wildman–Crippen LogP) is 3.15. The maximum Gasteiger partial charge on any atom is 0.251 e. The fourth-order valence-electron chi connectivity index (χ4n) is 4.27. The third-order valence-corrected chi connectivity index (χ3v) is 6.08. The number of aryl methyl sites for hydroxylation is 1. The van der Waals surface area contributed by atoms with Gasteiger partial charge in [0.2, 0.25) is 0 Å². The Morgan fingerprint density at radius 2 is 1.94 bits per heavy atom. The van der Waals surface area contributed by atoms with Crippen molar-refractivity contribution >= 4 is 5.91 Å². The van der Waals surface area contributed by atoms with Gasteiger partial charge in [0.15, 0.2) is 5.82 Å². The predicted molar refractivity (Wildman–Crippen MR) is 126 cm³/mol. The van der Waals surface area contributed by atoms with E-state index in [1.165, 1.54) is 5.56 Å². The van der Waals surface area contributed by atoms with Crippen molar-refractivity contribution in [3.63, 3.8) is 0 Å². The van der Waals surface area contributed by atoms with Crippen LogP contribution in [0.2, 0.25) is 0 Å². The molecule has 2 heterocycles. The van der Waals surface area contributed by atoms with E-state index in [2.05, 4.69) is 44.0 Å². The lowest BCUT2D eigenvalue weighted by molar-refractivity contribution is 0.0937. The molecule has 1 aromatic heterocycles. The van der Waals surface area contributed by atoms with Gasteiger partial charge >= 0.3 is 0 Å². The number of ether oxygens (including phenoxy) is 2. The molecule has 1 N–H and O–H groups in total. The summed E-state index contributed by atoms with van der Waals surface area (Å²) in [6.45, 7) is 7.47. The molecule has 0 saturated heterocycles. The molecule has 2 aromatic carbocycles. The van der Waals surface area contributed by atoms with Gasteiger partial charge in [0.05, 0.1) is 20.3 Å². The minimum absolute atomic E-state index is 0.163. The Kier molecular flexibility index (Phi) is 6.93. The Morgan fingerprint density at radius 3 is 2.70 bits per heavy atom. The lowest BCUT2D eigenvalue weighted by atomic mass is 10.1. The lowest BCUT2D eigenvalue weighted by Crippen LogP contribution is -2.30. The summed E-state index contributed by atoms with van der Waals surface area (Å²) < 4.78 is 12.7. The summed E-state index contributed by atoms with van der Waals surface area (Å²) in [5, 5.41) is 11.9. The standard InChI is InChI=1S/C25H31N5O3/c1-17-14-19(8-9-22(17)33-4)16-29-11-10-23-27-28-24(30(23)13-12-29)18(2)26-25(31)20-6-5-7-21(15-20)32-3/h5-9,14-15,18H,10-13,16H2,1-4H3,(H,26,31)/t18-/m0/s1. The van der Waals surface area contributed by atoms with Gasteiger partial charge in [-0.2, -0.15) is 0 Å². The number of amides is 1. The van der Waals surface area contributed by atoms with Gasteiger partial charge < -0.3 is 19.4 Å². The molecular formula is C25H31N5O3. The van der Waals surface area contributed by atoms with Crippen molar-refractivity contribution in [2.75, 3.05) is 27.3 Å². The minimum atomic E-state index is -0.263. The highest BCUT2D eigenvalue weighted by Crippen LogP contribution is 2.21. The first-order valence-electron chi connectivity index (χ1n) is 11.2. The van der Waals surface area contributed by atoms with Gasteiger partial charge in [0.25, 0.3) is 5.91 Å². The summed E-state index contributed by atoms with van der Waals surface area (Å²) in [5.74, 6) is 3.14. The summed E-state index contributed by atoms with van der Waals surface area (Å²) in [7, 11) is 3.29. The topological polar surface area (TPSA) is 81.5 Å². The van der Waals surface area contributed by atoms with E-state index in [-0.39, 0.29) is 11.9 Å². The largest absolute Gasteiger partial charge is 0.497 e. The first kappa shape index (κ1) is 22.8. The molecule has 3 aromatic rings. The van der Waals surface area contributed by atoms with Crippen molar-refractivity contribution < 1.29 is 14.3 Å². The second-order valence-electron chi connectivity index (χ2n) is 8.38. The zero-order chi connectivity index (χ0) is 23.4. The second-order valence-corrected chi connectivity index (χ2v) is 8.38. The van der Waals surface area contributed by atoms with E-state index in [0.717, 1.165) is 55.6 Å². The van der Waals surface area contributed by atoms with E-state index in [1.807, 2.05) is 19.1 Å². The van der Waals surface area contributed by atoms with Gasteiger partial charge in [-0.3, -0.25) is 9.69 Å². The van der Waals surface area contributed by atoms with E-state index in [0.29, 0.717) is 11.3 Å². The molecule has 8 heteroatoms. The van der Waals surface area contributed by atoms with Crippen LogP contribution in [0.4, 0.5) is 0 Å². The molecule has 33 heavy (non-hydrogen) atoms. The van der Waals surface area contributed by atoms with Gasteiger partial charge in [-0.1, -0.05) is 18.2 Å². The van der Waals surface area contributed by atoms with Crippen LogP contribution in [0.3, 0.4) is 0 Å². The molecule has 0 unspecified atom stereocenters. The molecule has 1 aliphatic rings. The maximum absolute atomic E-state index is 12.7. The second kappa shape index (κ2) is 10.0. The van der Waals surface area contributed by atoms with Crippen LogP contribution in [-0.2, 0) is 19.5 Å². The number of hydrogen-bond donors (Lipinski definition) is 1. The highest BCUT2D eigenvalue weighted by molar-refractivity contribution is 5.94. The molecule has 1 aliphatic heterocycles. The van der Waals surface area contributed by atoms with Crippen LogP contribution >= 0.6 is 0 Å². The average molecular weight is 450 g/mol. The number of nitrogens with one attached hydrogen (secondary N) is 1. The molecule has 0 saturated carbocycles. The van der Waals surface area contributed by atoms with Gasteiger partial charge in [-0.25, -0.2) is 0 Å². The SMILES string of the molecule is COc1cccc(C(=O)N[C@@H](C)c2nnc3n2CCN(Cc2ccc(OC)c(C)c2)CC3)c1. The van der Waals surface area contributed by atoms with E-state index >= 15 is 0 Å². The fourth-order valence-corrected chi connectivity index (χ4v) is 4.27. The normalized spacial score (nSPS) is 14.8. The zero-order valence-electron chi connectivity index (χ0n) is 19.7. The van der Waals surface area contributed by atoms with E-state index < -0.39 is 0 Å². The Morgan fingerprint density at radius 1 is 1.09 bits per heavy atom. The van der Waals surface area contributed by atoms with Gasteiger partial charge in [0.1, 0.15) is 17.3 Å². The van der Waals surface area contributed by atoms with Crippen LogP contribution in [0.15, 0.2) is 42.5 Å². The number of aromatic nitrogens is 3. The quantitative estimate of drug-likeness (QED) is 0.597. The molecule has 1 atom stereocenters. The third-order valence-electron chi connectivity index (χ3n) is 6.08. The van der Waals surface area contributed by atoms with Crippen LogP contribution in [0.25, 0.3) is 0 Å². The monoisotopic (exact) mass is 449 g/mol. The highest BCUT2D eigenvalue weighted by atomic mass is 16.5. The van der Waals surface area contributed by atoms with Crippen molar-refractivity contribution in [3.05, 3.63) is 70.8 Å². The van der Waals surface area contributed by atoms with Gasteiger partial charge in [-0.05, 0) is 49.2 Å². The van der Waals surface area contributed by atoms with Crippen LogP contribution in [-0.4, -0.2) is 52.9 Å². The van der Waals surface area contributed by atoms with Crippen LogP contribution in [0.1, 0.15) is 46.1 Å². The number of hydrogen-bond acceptors (Lipinski definition) is 6. The Bertz CT molecular complexity index is 1130. The molecular weight excluding hydrogens is 418 g/mol. The smallest absolute Gasteiger partial charge is 0.251 e. The average Bonchev–Trinajstić information content (AvgIpc) is 3.13. The van der Waals surface area contributed by atoms with E-state index in [9.17, 15) is 4.79 Å². The van der Waals surface area contributed by atoms with Crippen molar-refractivity contribution in [1.29, 1.82) is 0 Å². The Hall–Kier alpha value is -3.39. The molecule has 8 nitrogen and oxygen atoms in total. The van der Waals surface area contributed by atoms with Crippen LogP contribution in [0, 0.1) is 6.92 Å². The number of methoxy groups -OCH3 is 2. The maximum atomic E-state index is 12.7. The zero-order valence-corrected chi connectivity index (χ0v) is 19.7. The number of rotatable bonds is 7. The summed E-state index contributed by atoms with van der Waals surface area (Å²) in [5.41, 5.74) is 2.97. The minimum Gasteiger partial charge on any atom is -0.497 e. The molecule has 4 rings (SSSR count). The van der Waals surface area contributed by atoms with Gasteiger partial charge in [-0.15, -0.1) is 10.2 Å². The van der Waals surface area contributed by atoms with Crippen molar-refractivity contribution in [3.8, 4) is 11.5 Å². The summed E-state index contributed by atoms with van der Waals surface area (Å²) in [6, 6.07) is 13.2. The summed E-state index contributed by atoms with van der Waals surface area (Å²) in [6.07, 6.45) is 0.818.